The van der Waals surface area contributed by atoms with E-state index in [4.69, 9.17) is 0 Å². The Balaban J connectivity index is 2.10. The Hall–Kier alpha value is -0.980. The van der Waals surface area contributed by atoms with E-state index in [-0.39, 0.29) is 11.5 Å². The van der Waals surface area contributed by atoms with Crippen LogP contribution in [0.25, 0.3) is 0 Å². The largest absolute Gasteiger partial charge is 0.292 e. The summed E-state index contributed by atoms with van der Waals surface area (Å²) in [6.45, 7) is 1.91. The van der Waals surface area contributed by atoms with Gasteiger partial charge in [0.25, 0.3) is 0 Å². The summed E-state index contributed by atoms with van der Waals surface area (Å²) in [5.74, 6) is -0.908. The van der Waals surface area contributed by atoms with E-state index in [9.17, 15) is 13.2 Å². The monoisotopic (exact) mass is 372 g/mol. The molecule has 0 aliphatic rings. The van der Waals surface area contributed by atoms with Gasteiger partial charge in [0.2, 0.25) is 0 Å². The second kappa shape index (κ2) is 6.20. The van der Waals surface area contributed by atoms with Crippen LogP contribution in [0.4, 0.5) is 0 Å². The maximum Gasteiger partial charge on any atom is 0.187 e. The summed E-state index contributed by atoms with van der Waals surface area (Å²) in [4.78, 5) is 12.4. The molecule has 0 N–H and O–H groups in total. The van der Waals surface area contributed by atoms with Gasteiger partial charge in [-0.1, -0.05) is 29.8 Å². The molecule has 2 aromatic rings. The maximum absolute atomic E-state index is 12.1. The lowest BCUT2D eigenvalue weighted by Crippen LogP contribution is -2.17. The van der Waals surface area contributed by atoms with Crippen molar-refractivity contribution >= 4 is 42.9 Å². The predicted octanol–water partition coefficient (Wildman–Crippen LogP) is 3.62. The van der Waals surface area contributed by atoms with Crippen LogP contribution in [0.3, 0.4) is 0 Å². The molecule has 0 amide bonds. The number of halogens is 1. The van der Waals surface area contributed by atoms with E-state index < -0.39 is 15.6 Å². The van der Waals surface area contributed by atoms with E-state index in [1.54, 1.807) is 18.2 Å². The highest BCUT2D eigenvalue weighted by Gasteiger charge is 2.19. The molecule has 0 spiro atoms. The van der Waals surface area contributed by atoms with Crippen LogP contribution in [0.5, 0.6) is 0 Å². The Kier molecular flexibility index (Phi) is 4.78. The number of Topliss-reactive ketones (excluding diaryl/α,β-unsaturated/α-hetero) is 1. The van der Waals surface area contributed by atoms with Gasteiger partial charge in [0.05, 0.1) is 14.4 Å². The van der Waals surface area contributed by atoms with Crippen LogP contribution in [-0.4, -0.2) is 20.0 Å². The van der Waals surface area contributed by atoms with Crippen molar-refractivity contribution in [2.75, 3.05) is 5.75 Å². The number of ketones is 1. The molecule has 0 atom stereocenters. The minimum absolute atomic E-state index is 0.104. The van der Waals surface area contributed by atoms with E-state index in [0.29, 0.717) is 10.4 Å². The summed E-state index contributed by atoms with van der Waals surface area (Å²) in [6.07, 6.45) is 0. The quantitative estimate of drug-likeness (QED) is 0.753. The first kappa shape index (κ1) is 15.4. The van der Waals surface area contributed by atoms with Gasteiger partial charge in [-0.05, 0) is 40.5 Å². The smallest absolute Gasteiger partial charge is 0.187 e. The fourth-order valence-corrected chi connectivity index (χ4v) is 4.60. The molecule has 0 saturated heterocycles. The number of aryl methyl sites for hydroxylation is 1. The van der Waals surface area contributed by atoms with Crippen LogP contribution in [-0.2, 0) is 15.6 Å². The summed E-state index contributed by atoms with van der Waals surface area (Å²) in [6, 6.07) is 10.7. The maximum atomic E-state index is 12.1. The fourth-order valence-electron chi connectivity index (χ4n) is 1.84. The number of hydrogen-bond donors (Lipinski definition) is 0. The van der Waals surface area contributed by atoms with Crippen molar-refractivity contribution in [1.82, 2.24) is 0 Å². The Morgan fingerprint density at radius 2 is 2.00 bits per heavy atom. The third-order valence-electron chi connectivity index (χ3n) is 2.67. The number of carbonyl (C=O) groups excluding carboxylic acids is 1. The van der Waals surface area contributed by atoms with Gasteiger partial charge in [-0.25, -0.2) is 8.42 Å². The van der Waals surface area contributed by atoms with Crippen molar-refractivity contribution in [2.45, 2.75) is 12.7 Å². The van der Waals surface area contributed by atoms with Crippen LogP contribution >= 0.6 is 27.3 Å². The van der Waals surface area contributed by atoms with Crippen LogP contribution in [0.1, 0.15) is 20.8 Å². The molecule has 3 nitrogen and oxygen atoms in total. The molecule has 0 radical (unpaired) electrons. The van der Waals surface area contributed by atoms with Gasteiger partial charge in [0.15, 0.2) is 15.6 Å². The normalized spacial score (nSPS) is 11.5. The van der Waals surface area contributed by atoms with E-state index in [0.717, 1.165) is 9.35 Å². The molecular weight excluding hydrogens is 360 g/mol. The Morgan fingerprint density at radius 1 is 1.25 bits per heavy atom. The molecule has 0 fully saturated rings. The third kappa shape index (κ3) is 4.26. The Bertz CT molecular complexity index is 732. The molecule has 1 aromatic carbocycles. The lowest BCUT2D eigenvalue weighted by atomic mass is 10.2. The van der Waals surface area contributed by atoms with Gasteiger partial charge < -0.3 is 0 Å². The number of rotatable bonds is 5. The molecule has 0 aliphatic carbocycles. The van der Waals surface area contributed by atoms with Crippen LogP contribution in [0.15, 0.2) is 40.2 Å². The highest BCUT2D eigenvalue weighted by molar-refractivity contribution is 9.11. The van der Waals surface area contributed by atoms with Crippen LogP contribution in [0, 0.1) is 6.92 Å². The summed E-state index contributed by atoms with van der Waals surface area (Å²) >= 11 is 4.51. The standard InChI is InChI=1S/C14H13BrO3S2/c1-10-3-2-4-11(7-10)8-20(17,18)9-12(16)13-5-6-14(15)19-13/h2-7H,8-9H2,1H3. The number of sulfone groups is 1. The molecule has 2 rings (SSSR count). The Labute approximate surface area is 130 Å². The molecule has 6 heteroatoms. The minimum Gasteiger partial charge on any atom is -0.292 e. The molecule has 106 valence electrons. The second-order valence-electron chi connectivity index (χ2n) is 4.55. The molecule has 0 bridgehead atoms. The van der Waals surface area contributed by atoms with Gasteiger partial charge >= 0.3 is 0 Å². The Morgan fingerprint density at radius 3 is 2.60 bits per heavy atom. The molecule has 0 unspecified atom stereocenters. The van der Waals surface area contributed by atoms with E-state index >= 15 is 0 Å². The van der Waals surface area contributed by atoms with Gasteiger partial charge in [-0.3, -0.25) is 4.79 Å². The predicted molar refractivity (Wildman–Crippen MR) is 85.0 cm³/mol. The molecule has 0 aliphatic heterocycles. The molecule has 0 saturated carbocycles. The topological polar surface area (TPSA) is 51.2 Å². The number of hydrogen-bond acceptors (Lipinski definition) is 4. The average molecular weight is 373 g/mol. The summed E-state index contributed by atoms with van der Waals surface area (Å²) in [7, 11) is -3.45. The van der Waals surface area contributed by atoms with Crippen LogP contribution < -0.4 is 0 Å². The SMILES string of the molecule is Cc1cccc(CS(=O)(=O)CC(=O)c2ccc(Br)s2)c1. The zero-order valence-corrected chi connectivity index (χ0v) is 14.0. The first-order chi connectivity index (χ1) is 9.35. The first-order valence-corrected chi connectivity index (χ1v) is 9.33. The number of thiophene rings is 1. The zero-order chi connectivity index (χ0) is 14.8. The lowest BCUT2D eigenvalue weighted by molar-refractivity contribution is 0.102. The van der Waals surface area contributed by atoms with Crippen molar-refractivity contribution in [1.29, 1.82) is 0 Å². The third-order valence-corrected chi connectivity index (χ3v) is 5.81. The average Bonchev–Trinajstić information content (AvgIpc) is 2.74. The highest BCUT2D eigenvalue weighted by Crippen LogP contribution is 2.23. The summed E-state index contributed by atoms with van der Waals surface area (Å²) < 4.78 is 25.0. The van der Waals surface area contributed by atoms with Crippen LogP contribution in [0.2, 0.25) is 0 Å². The zero-order valence-electron chi connectivity index (χ0n) is 10.8. The minimum atomic E-state index is -3.45. The van der Waals surface area contributed by atoms with Crippen molar-refractivity contribution in [3.63, 3.8) is 0 Å². The van der Waals surface area contributed by atoms with Gasteiger partial charge in [-0.2, -0.15) is 0 Å². The molecule has 20 heavy (non-hydrogen) atoms. The summed E-state index contributed by atoms with van der Waals surface area (Å²) in [5.41, 5.74) is 1.72. The highest BCUT2D eigenvalue weighted by atomic mass is 79.9. The lowest BCUT2D eigenvalue weighted by Gasteiger charge is -2.04. The van der Waals surface area contributed by atoms with Gasteiger partial charge in [0.1, 0.15) is 5.75 Å². The fraction of sp³-hybridized carbons (Fsp3) is 0.214. The molecule has 1 aromatic heterocycles. The van der Waals surface area contributed by atoms with Crippen molar-refractivity contribution in [3.8, 4) is 0 Å². The molecular formula is C14H13BrO3S2. The second-order valence-corrected chi connectivity index (χ2v) is 9.08. The number of carbonyl (C=O) groups is 1. The molecule has 1 heterocycles. The van der Waals surface area contributed by atoms with Crippen molar-refractivity contribution in [2.24, 2.45) is 0 Å². The first-order valence-electron chi connectivity index (χ1n) is 5.90. The van der Waals surface area contributed by atoms with Crippen molar-refractivity contribution < 1.29 is 13.2 Å². The summed E-state index contributed by atoms with van der Waals surface area (Å²) in [5, 5.41) is 0. The van der Waals surface area contributed by atoms with Gasteiger partial charge in [0, 0.05) is 0 Å². The van der Waals surface area contributed by atoms with E-state index in [1.165, 1.54) is 11.3 Å². The van der Waals surface area contributed by atoms with E-state index in [2.05, 4.69) is 15.9 Å². The van der Waals surface area contributed by atoms with Crippen molar-refractivity contribution in [3.05, 3.63) is 56.2 Å². The van der Waals surface area contributed by atoms with E-state index in [1.807, 2.05) is 25.1 Å². The number of benzene rings is 1. The van der Waals surface area contributed by atoms with Gasteiger partial charge in [-0.15, -0.1) is 11.3 Å².